The Labute approximate surface area is 76.1 Å². The van der Waals surface area contributed by atoms with Crippen LogP contribution < -0.4 is 4.72 Å². The number of nitrogens with one attached hydrogen (secondary N) is 1. The van der Waals surface area contributed by atoms with E-state index in [1.165, 1.54) is 0 Å². The van der Waals surface area contributed by atoms with Crippen LogP contribution in [-0.4, -0.2) is 28.2 Å². The molecule has 2 N–H and O–H groups in total. The molecule has 0 aliphatic heterocycles. The molecular weight excluding hydrogens is 174 g/mol. The van der Waals surface area contributed by atoms with E-state index in [0.717, 1.165) is 25.7 Å². The molecule has 72 valence electrons. The molecule has 0 spiro atoms. The minimum absolute atomic E-state index is 0.307. The lowest BCUT2D eigenvalue weighted by atomic mass is 9.87. The lowest BCUT2D eigenvalue weighted by molar-refractivity contribution is 0.180. The fraction of sp³-hybridized carbons (Fsp3) is 1.00. The molecule has 0 aromatic heterocycles. The van der Waals surface area contributed by atoms with Crippen LogP contribution in [-0.2, 0) is 11.0 Å². The number of hydrogen-bond acceptors (Lipinski definition) is 2. The van der Waals surface area contributed by atoms with Gasteiger partial charge in [0.1, 0.15) is 0 Å². The molecule has 0 heterocycles. The summed E-state index contributed by atoms with van der Waals surface area (Å²) in [6, 6.07) is 0.402. The van der Waals surface area contributed by atoms with Crippen molar-refractivity contribution in [2.24, 2.45) is 5.92 Å². The first-order valence-electron chi connectivity index (χ1n) is 4.43. The van der Waals surface area contributed by atoms with Crippen LogP contribution in [0.5, 0.6) is 0 Å². The Morgan fingerprint density at radius 1 is 1.42 bits per heavy atom. The van der Waals surface area contributed by atoms with E-state index in [1.54, 1.807) is 6.26 Å². The summed E-state index contributed by atoms with van der Waals surface area (Å²) >= 11 is 0. The van der Waals surface area contributed by atoms with Crippen LogP contribution in [0.3, 0.4) is 0 Å². The molecule has 0 bridgehead atoms. The Morgan fingerprint density at radius 3 is 2.42 bits per heavy atom. The van der Waals surface area contributed by atoms with E-state index in [4.69, 9.17) is 5.11 Å². The second kappa shape index (κ2) is 4.94. The number of rotatable bonds is 3. The minimum Gasteiger partial charge on any atom is -0.396 e. The summed E-state index contributed by atoms with van der Waals surface area (Å²) in [5.41, 5.74) is 0. The third-order valence-electron chi connectivity index (χ3n) is 2.44. The van der Waals surface area contributed by atoms with Gasteiger partial charge in [0, 0.05) is 18.9 Å². The number of hydrogen-bond donors (Lipinski definition) is 2. The van der Waals surface area contributed by atoms with Gasteiger partial charge in [0.2, 0.25) is 0 Å². The third kappa shape index (κ3) is 3.21. The molecule has 1 aliphatic carbocycles. The SMILES string of the molecule is CS(=O)NC1CCC(CO)CC1. The summed E-state index contributed by atoms with van der Waals surface area (Å²) < 4.78 is 13.8. The van der Waals surface area contributed by atoms with Gasteiger partial charge in [-0.25, -0.2) is 8.93 Å². The van der Waals surface area contributed by atoms with Crippen LogP contribution in [0, 0.1) is 5.92 Å². The number of aliphatic hydroxyl groups is 1. The average molecular weight is 191 g/mol. The standard InChI is InChI=1S/C8H17NO2S/c1-12(11)9-8-4-2-7(6-10)3-5-8/h7-10H,2-6H2,1H3. The summed E-state index contributed by atoms with van der Waals surface area (Å²) in [5.74, 6) is 0.480. The molecule has 0 radical (unpaired) electrons. The van der Waals surface area contributed by atoms with Crippen molar-refractivity contribution in [1.29, 1.82) is 0 Å². The highest BCUT2D eigenvalue weighted by atomic mass is 32.2. The second-order valence-corrected chi connectivity index (χ2v) is 4.62. The summed E-state index contributed by atoms with van der Waals surface area (Å²) in [5, 5.41) is 8.88. The zero-order valence-corrected chi connectivity index (χ0v) is 8.27. The molecule has 1 saturated carbocycles. The largest absolute Gasteiger partial charge is 0.396 e. The predicted octanol–water partition coefficient (Wildman–Crippen LogP) is 0.421. The fourth-order valence-corrected chi connectivity index (χ4v) is 2.40. The van der Waals surface area contributed by atoms with Gasteiger partial charge in [0.05, 0.1) is 11.0 Å². The lowest BCUT2D eigenvalue weighted by Crippen LogP contribution is -2.34. The molecule has 0 saturated heterocycles. The summed E-state index contributed by atoms with van der Waals surface area (Å²) in [4.78, 5) is 0. The van der Waals surface area contributed by atoms with Crippen molar-refractivity contribution in [3.8, 4) is 0 Å². The van der Waals surface area contributed by atoms with Gasteiger partial charge in [-0.05, 0) is 31.6 Å². The molecule has 1 rings (SSSR count). The Bertz CT molecular complexity index is 155. The fourth-order valence-electron chi connectivity index (χ4n) is 1.70. The first kappa shape index (κ1) is 10.2. The molecule has 4 heteroatoms. The first-order chi connectivity index (χ1) is 5.72. The van der Waals surface area contributed by atoms with E-state index in [-0.39, 0.29) is 0 Å². The normalized spacial score (nSPS) is 33.2. The van der Waals surface area contributed by atoms with E-state index in [2.05, 4.69) is 4.72 Å². The lowest BCUT2D eigenvalue weighted by Gasteiger charge is -2.26. The van der Waals surface area contributed by atoms with Crippen molar-refractivity contribution in [3.63, 3.8) is 0 Å². The topological polar surface area (TPSA) is 49.3 Å². The molecule has 1 fully saturated rings. The van der Waals surface area contributed by atoms with Crippen LogP contribution in [0.4, 0.5) is 0 Å². The Morgan fingerprint density at radius 2 is 2.00 bits per heavy atom. The van der Waals surface area contributed by atoms with Crippen LogP contribution in [0.15, 0.2) is 0 Å². The van der Waals surface area contributed by atoms with Crippen molar-refractivity contribution in [2.45, 2.75) is 31.7 Å². The molecule has 0 aromatic rings. The monoisotopic (exact) mass is 191 g/mol. The van der Waals surface area contributed by atoms with Crippen LogP contribution in [0.1, 0.15) is 25.7 Å². The van der Waals surface area contributed by atoms with Gasteiger partial charge in [-0.2, -0.15) is 0 Å². The van der Waals surface area contributed by atoms with Gasteiger partial charge in [0.15, 0.2) is 0 Å². The summed E-state index contributed by atoms with van der Waals surface area (Å²) in [6.07, 6.45) is 5.88. The van der Waals surface area contributed by atoms with E-state index in [9.17, 15) is 4.21 Å². The smallest absolute Gasteiger partial charge is 0.0886 e. The maximum Gasteiger partial charge on any atom is 0.0886 e. The first-order valence-corrected chi connectivity index (χ1v) is 5.98. The van der Waals surface area contributed by atoms with E-state index in [1.807, 2.05) is 0 Å². The van der Waals surface area contributed by atoms with Crippen LogP contribution >= 0.6 is 0 Å². The highest BCUT2D eigenvalue weighted by Crippen LogP contribution is 2.23. The molecule has 1 aliphatic rings. The van der Waals surface area contributed by atoms with E-state index in [0.29, 0.717) is 18.6 Å². The highest BCUT2D eigenvalue weighted by Gasteiger charge is 2.20. The van der Waals surface area contributed by atoms with Gasteiger partial charge < -0.3 is 5.11 Å². The van der Waals surface area contributed by atoms with Crippen molar-refractivity contribution in [1.82, 2.24) is 4.72 Å². The quantitative estimate of drug-likeness (QED) is 0.679. The van der Waals surface area contributed by atoms with Crippen LogP contribution in [0.2, 0.25) is 0 Å². The molecule has 3 nitrogen and oxygen atoms in total. The van der Waals surface area contributed by atoms with Gasteiger partial charge in [0.25, 0.3) is 0 Å². The van der Waals surface area contributed by atoms with Gasteiger partial charge in [-0.15, -0.1) is 0 Å². The second-order valence-electron chi connectivity index (χ2n) is 3.47. The highest BCUT2D eigenvalue weighted by molar-refractivity contribution is 7.82. The maximum absolute atomic E-state index is 10.8. The van der Waals surface area contributed by atoms with Crippen molar-refractivity contribution < 1.29 is 9.32 Å². The predicted molar refractivity (Wildman–Crippen MR) is 50.0 cm³/mol. The van der Waals surface area contributed by atoms with Crippen molar-refractivity contribution >= 4 is 11.0 Å². The summed E-state index contributed by atoms with van der Waals surface area (Å²) in [7, 11) is -0.889. The third-order valence-corrected chi connectivity index (χ3v) is 3.10. The van der Waals surface area contributed by atoms with Crippen molar-refractivity contribution in [2.75, 3.05) is 12.9 Å². The minimum atomic E-state index is -0.889. The van der Waals surface area contributed by atoms with Gasteiger partial charge >= 0.3 is 0 Å². The molecule has 1 atom stereocenters. The van der Waals surface area contributed by atoms with Crippen molar-refractivity contribution in [3.05, 3.63) is 0 Å². The Balaban J connectivity index is 2.21. The van der Waals surface area contributed by atoms with E-state index < -0.39 is 11.0 Å². The summed E-state index contributed by atoms with van der Waals surface area (Å²) in [6.45, 7) is 0.307. The maximum atomic E-state index is 10.8. The van der Waals surface area contributed by atoms with Crippen LogP contribution in [0.25, 0.3) is 0 Å². The van der Waals surface area contributed by atoms with Gasteiger partial charge in [-0.1, -0.05) is 0 Å². The zero-order valence-electron chi connectivity index (χ0n) is 7.45. The average Bonchev–Trinajstić information content (AvgIpc) is 2.05. The molecule has 1 unspecified atom stereocenters. The molecule has 12 heavy (non-hydrogen) atoms. The van der Waals surface area contributed by atoms with E-state index >= 15 is 0 Å². The Kier molecular flexibility index (Phi) is 4.18. The number of aliphatic hydroxyl groups excluding tert-OH is 1. The zero-order chi connectivity index (χ0) is 8.97. The molecule has 0 amide bonds. The molecule has 0 aromatic carbocycles. The van der Waals surface area contributed by atoms with Gasteiger partial charge in [-0.3, -0.25) is 0 Å². The Hall–Kier alpha value is 0.0700. The molecular formula is C8H17NO2S.